The number of H-pyrrole nitrogens is 1. The van der Waals surface area contributed by atoms with Crippen molar-refractivity contribution in [2.45, 2.75) is 0 Å². The molecule has 0 aliphatic heterocycles. The lowest BCUT2D eigenvalue weighted by atomic mass is 10.2. The predicted octanol–water partition coefficient (Wildman–Crippen LogP) is 1.41. The van der Waals surface area contributed by atoms with E-state index in [-0.39, 0.29) is 5.56 Å². The summed E-state index contributed by atoms with van der Waals surface area (Å²) in [5, 5.41) is 4.53. The maximum absolute atomic E-state index is 11.7. The molecule has 0 atom stereocenters. The molecule has 2 aromatic heterocycles. The van der Waals surface area contributed by atoms with E-state index in [4.69, 9.17) is 0 Å². The minimum Gasteiger partial charge on any atom is -0.279 e. The first kappa shape index (κ1) is 8.23. The molecule has 15 heavy (non-hydrogen) atoms. The largest absolute Gasteiger partial charge is 0.279 e. The molecule has 4 nitrogen and oxygen atoms in total. The number of nitrogens with one attached hydrogen (secondary N) is 1. The second-order valence-electron chi connectivity index (χ2n) is 3.55. The fourth-order valence-corrected chi connectivity index (χ4v) is 1.75. The van der Waals surface area contributed by atoms with Crippen LogP contribution in [0.3, 0.4) is 0 Å². The van der Waals surface area contributed by atoms with Crippen LogP contribution in [-0.2, 0) is 7.05 Å². The van der Waals surface area contributed by atoms with Crippen LogP contribution in [0.2, 0.25) is 0 Å². The van der Waals surface area contributed by atoms with E-state index in [1.807, 2.05) is 30.3 Å². The van der Waals surface area contributed by atoms with Gasteiger partial charge in [-0.25, -0.2) is 4.98 Å². The normalized spacial score (nSPS) is 11.3. The van der Waals surface area contributed by atoms with Crippen molar-refractivity contribution in [1.29, 1.82) is 0 Å². The molecule has 1 aromatic carbocycles. The number of aromatic nitrogens is 3. The Labute approximate surface area is 85.1 Å². The van der Waals surface area contributed by atoms with Gasteiger partial charge < -0.3 is 0 Å². The summed E-state index contributed by atoms with van der Waals surface area (Å²) in [7, 11) is 1.69. The van der Waals surface area contributed by atoms with E-state index < -0.39 is 0 Å². The molecule has 4 heteroatoms. The van der Waals surface area contributed by atoms with Crippen molar-refractivity contribution < 1.29 is 0 Å². The molecule has 0 saturated carbocycles. The molecule has 0 radical (unpaired) electrons. The third kappa shape index (κ3) is 1.08. The number of aryl methyl sites for hydroxylation is 1. The number of aromatic amines is 1. The third-order valence-corrected chi connectivity index (χ3v) is 2.53. The summed E-state index contributed by atoms with van der Waals surface area (Å²) < 4.78 is 1.44. The summed E-state index contributed by atoms with van der Waals surface area (Å²) in [5.41, 5.74) is 1.50. The number of hydrogen-bond donors (Lipinski definition) is 1. The Hall–Kier alpha value is -2.10. The van der Waals surface area contributed by atoms with E-state index >= 15 is 0 Å². The Bertz CT molecular complexity index is 708. The first-order valence-corrected chi connectivity index (χ1v) is 4.70. The van der Waals surface area contributed by atoms with Gasteiger partial charge in [0.05, 0.1) is 10.9 Å². The van der Waals surface area contributed by atoms with E-state index in [0.29, 0.717) is 11.0 Å². The fourth-order valence-electron chi connectivity index (χ4n) is 1.75. The van der Waals surface area contributed by atoms with Crippen LogP contribution in [0.15, 0.2) is 35.1 Å². The molecule has 0 aliphatic carbocycles. The van der Waals surface area contributed by atoms with Crippen molar-refractivity contribution in [3.63, 3.8) is 0 Å². The maximum atomic E-state index is 11.7. The van der Waals surface area contributed by atoms with Gasteiger partial charge in [0.25, 0.3) is 5.56 Å². The fraction of sp³-hybridized carbons (Fsp3) is 0.0909. The standard InChI is InChI=1S/C11H9N3O/c1-14-11(15)8-6-7-4-2-3-5-9(7)12-10(8)13-14/h2-6H,1H3,(H,12,13). The minimum absolute atomic E-state index is 0.0387. The molecular formula is C11H9N3O. The molecular weight excluding hydrogens is 190 g/mol. The molecule has 0 aliphatic rings. The molecule has 0 fully saturated rings. The van der Waals surface area contributed by atoms with Crippen molar-refractivity contribution in [1.82, 2.24) is 14.8 Å². The van der Waals surface area contributed by atoms with Gasteiger partial charge in [-0.2, -0.15) is 0 Å². The van der Waals surface area contributed by atoms with Crippen LogP contribution >= 0.6 is 0 Å². The summed E-state index contributed by atoms with van der Waals surface area (Å²) in [6.07, 6.45) is 0. The number of para-hydroxylation sites is 1. The van der Waals surface area contributed by atoms with Crippen molar-refractivity contribution in [3.8, 4) is 0 Å². The molecule has 74 valence electrons. The van der Waals surface area contributed by atoms with E-state index in [1.54, 1.807) is 7.05 Å². The predicted molar refractivity (Wildman–Crippen MR) is 58.8 cm³/mol. The molecule has 0 amide bonds. The van der Waals surface area contributed by atoms with Crippen LogP contribution in [-0.4, -0.2) is 14.8 Å². The lowest BCUT2D eigenvalue weighted by Gasteiger charge is -1.94. The molecule has 0 saturated heterocycles. The number of benzene rings is 1. The molecule has 0 unspecified atom stereocenters. The monoisotopic (exact) mass is 199 g/mol. The van der Waals surface area contributed by atoms with Crippen LogP contribution in [0.1, 0.15) is 0 Å². The molecule has 0 spiro atoms. The van der Waals surface area contributed by atoms with Crippen LogP contribution in [0.5, 0.6) is 0 Å². The van der Waals surface area contributed by atoms with Gasteiger partial charge in [0.2, 0.25) is 0 Å². The van der Waals surface area contributed by atoms with Gasteiger partial charge >= 0.3 is 0 Å². The molecule has 0 bridgehead atoms. The van der Waals surface area contributed by atoms with Crippen LogP contribution in [0, 0.1) is 0 Å². The van der Waals surface area contributed by atoms with Gasteiger partial charge in [-0.3, -0.25) is 14.6 Å². The van der Waals surface area contributed by atoms with Gasteiger partial charge in [-0.15, -0.1) is 0 Å². The van der Waals surface area contributed by atoms with Gasteiger partial charge in [0.15, 0.2) is 5.65 Å². The highest BCUT2D eigenvalue weighted by molar-refractivity contribution is 5.90. The van der Waals surface area contributed by atoms with E-state index in [2.05, 4.69) is 10.1 Å². The first-order chi connectivity index (χ1) is 7.25. The molecule has 3 rings (SSSR count). The van der Waals surface area contributed by atoms with Gasteiger partial charge in [-0.1, -0.05) is 18.2 Å². The number of hydrogen-bond acceptors (Lipinski definition) is 2. The van der Waals surface area contributed by atoms with Gasteiger partial charge in [0, 0.05) is 12.4 Å². The summed E-state index contributed by atoms with van der Waals surface area (Å²) in [5.74, 6) is 0. The topological polar surface area (TPSA) is 50.7 Å². The highest BCUT2D eigenvalue weighted by Gasteiger charge is 2.06. The van der Waals surface area contributed by atoms with Crippen molar-refractivity contribution >= 4 is 21.9 Å². The Morgan fingerprint density at radius 2 is 2.13 bits per heavy atom. The Kier molecular flexibility index (Phi) is 1.48. The first-order valence-electron chi connectivity index (χ1n) is 4.70. The number of pyridine rings is 1. The van der Waals surface area contributed by atoms with E-state index in [9.17, 15) is 4.79 Å². The SMILES string of the molecule is Cn1[nH]c2nc3ccccc3cc2c1=O. The zero-order chi connectivity index (χ0) is 10.4. The highest BCUT2D eigenvalue weighted by Crippen LogP contribution is 2.15. The average Bonchev–Trinajstić information content (AvgIpc) is 2.52. The Balaban J connectivity index is 2.59. The second-order valence-corrected chi connectivity index (χ2v) is 3.55. The summed E-state index contributed by atoms with van der Waals surface area (Å²) in [6.45, 7) is 0. The van der Waals surface area contributed by atoms with Crippen molar-refractivity contribution in [3.05, 3.63) is 40.7 Å². The zero-order valence-corrected chi connectivity index (χ0v) is 8.19. The lowest BCUT2D eigenvalue weighted by Crippen LogP contribution is -2.10. The summed E-state index contributed by atoms with van der Waals surface area (Å²) in [6, 6.07) is 9.62. The number of fused-ring (bicyclic) bond motifs is 2. The van der Waals surface area contributed by atoms with Crippen molar-refractivity contribution in [2.24, 2.45) is 7.05 Å². The number of nitrogens with zero attached hydrogens (tertiary/aromatic N) is 2. The average molecular weight is 199 g/mol. The Morgan fingerprint density at radius 1 is 1.33 bits per heavy atom. The van der Waals surface area contributed by atoms with E-state index in [0.717, 1.165) is 10.9 Å². The molecule has 2 heterocycles. The number of rotatable bonds is 0. The van der Waals surface area contributed by atoms with Gasteiger partial charge in [0.1, 0.15) is 0 Å². The maximum Gasteiger partial charge on any atom is 0.275 e. The Morgan fingerprint density at radius 3 is 3.00 bits per heavy atom. The quantitative estimate of drug-likeness (QED) is 0.595. The second kappa shape index (κ2) is 2.70. The summed E-state index contributed by atoms with van der Waals surface area (Å²) >= 11 is 0. The third-order valence-electron chi connectivity index (χ3n) is 2.53. The zero-order valence-electron chi connectivity index (χ0n) is 8.19. The highest BCUT2D eigenvalue weighted by atomic mass is 16.1. The van der Waals surface area contributed by atoms with Gasteiger partial charge in [-0.05, 0) is 12.1 Å². The van der Waals surface area contributed by atoms with Crippen LogP contribution in [0.4, 0.5) is 0 Å². The summed E-state index contributed by atoms with van der Waals surface area (Å²) in [4.78, 5) is 16.0. The van der Waals surface area contributed by atoms with Crippen LogP contribution < -0.4 is 5.56 Å². The smallest absolute Gasteiger partial charge is 0.275 e. The van der Waals surface area contributed by atoms with Crippen molar-refractivity contribution in [2.75, 3.05) is 0 Å². The van der Waals surface area contributed by atoms with E-state index in [1.165, 1.54) is 4.68 Å². The molecule has 3 aromatic rings. The minimum atomic E-state index is -0.0387. The molecule has 1 N–H and O–H groups in total. The van der Waals surface area contributed by atoms with Crippen LogP contribution in [0.25, 0.3) is 21.9 Å². The lowest BCUT2D eigenvalue weighted by molar-refractivity contribution is 0.748.